The van der Waals surface area contributed by atoms with Crippen molar-refractivity contribution in [2.75, 3.05) is 5.32 Å². The van der Waals surface area contributed by atoms with Gasteiger partial charge in [0.05, 0.1) is 12.2 Å². The molecule has 0 amide bonds. The Labute approximate surface area is 84.6 Å². The highest BCUT2D eigenvalue weighted by Gasteiger charge is 1.99. The van der Waals surface area contributed by atoms with E-state index in [-0.39, 0.29) is 0 Å². The summed E-state index contributed by atoms with van der Waals surface area (Å²) < 4.78 is 3.80. The zero-order valence-electron chi connectivity index (χ0n) is 7.15. The number of thiophene rings is 1. The lowest BCUT2D eigenvalue weighted by Gasteiger charge is -2.01. The molecule has 0 saturated heterocycles. The molecule has 0 aliphatic rings. The fourth-order valence-corrected chi connectivity index (χ4v) is 2.24. The van der Waals surface area contributed by atoms with Crippen LogP contribution in [-0.4, -0.2) is 9.59 Å². The molecule has 0 aromatic carbocycles. The minimum absolute atomic E-state index is 0.758. The first-order valence-electron chi connectivity index (χ1n) is 3.89. The van der Waals surface area contributed by atoms with E-state index in [0.717, 1.165) is 12.2 Å². The lowest BCUT2D eigenvalue weighted by atomic mass is 10.3. The van der Waals surface area contributed by atoms with Gasteiger partial charge in [-0.25, -0.2) is 0 Å². The predicted molar refractivity (Wildman–Crippen MR) is 56.3 cm³/mol. The molecule has 2 aromatic rings. The van der Waals surface area contributed by atoms with Crippen LogP contribution >= 0.6 is 22.9 Å². The SMILES string of the molecule is Cc1cscc1NCc1csnn1. The Balaban J connectivity index is 1.97. The molecule has 68 valence electrons. The third kappa shape index (κ3) is 2.05. The number of aryl methyl sites for hydroxylation is 1. The van der Waals surface area contributed by atoms with E-state index in [0.29, 0.717) is 0 Å². The van der Waals surface area contributed by atoms with E-state index in [1.807, 2.05) is 5.38 Å². The minimum atomic E-state index is 0.758. The van der Waals surface area contributed by atoms with E-state index in [1.54, 1.807) is 11.3 Å². The largest absolute Gasteiger partial charge is 0.378 e. The van der Waals surface area contributed by atoms with E-state index >= 15 is 0 Å². The Morgan fingerprint density at radius 1 is 1.38 bits per heavy atom. The number of nitrogens with zero attached hydrogens (tertiary/aromatic N) is 2. The van der Waals surface area contributed by atoms with Gasteiger partial charge in [0, 0.05) is 16.4 Å². The molecule has 0 bridgehead atoms. The number of hydrogen-bond donors (Lipinski definition) is 1. The van der Waals surface area contributed by atoms with Crippen molar-refractivity contribution in [3.8, 4) is 0 Å². The van der Waals surface area contributed by atoms with Gasteiger partial charge in [-0.15, -0.1) is 16.4 Å². The molecule has 0 saturated carbocycles. The van der Waals surface area contributed by atoms with Crippen LogP contribution in [0.4, 0.5) is 5.69 Å². The summed E-state index contributed by atoms with van der Waals surface area (Å²) in [7, 11) is 0. The number of rotatable bonds is 3. The van der Waals surface area contributed by atoms with Gasteiger partial charge in [-0.3, -0.25) is 0 Å². The van der Waals surface area contributed by atoms with Crippen LogP contribution in [0.2, 0.25) is 0 Å². The van der Waals surface area contributed by atoms with Crippen LogP contribution in [0.1, 0.15) is 11.3 Å². The van der Waals surface area contributed by atoms with Crippen LogP contribution in [0.25, 0.3) is 0 Å². The molecule has 0 spiro atoms. The summed E-state index contributed by atoms with van der Waals surface area (Å²) >= 11 is 3.09. The van der Waals surface area contributed by atoms with Gasteiger partial charge in [-0.2, -0.15) is 0 Å². The van der Waals surface area contributed by atoms with Gasteiger partial charge >= 0.3 is 0 Å². The fourth-order valence-electron chi connectivity index (χ4n) is 0.988. The molecular formula is C8H9N3S2. The van der Waals surface area contributed by atoms with Crippen molar-refractivity contribution in [2.24, 2.45) is 0 Å². The molecule has 0 fully saturated rings. The van der Waals surface area contributed by atoms with Crippen LogP contribution < -0.4 is 5.32 Å². The summed E-state index contributed by atoms with van der Waals surface area (Å²) in [5.74, 6) is 0. The predicted octanol–water partition coefficient (Wildman–Crippen LogP) is 2.52. The second kappa shape index (κ2) is 3.85. The van der Waals surface area contributed by atoms with Gasteiger partial charge in [-0.05, 0) is 29.4 Å². The maximum Gasteiger partial charge on any atom is 0.0946 e. The molecule has 0 aliphatic heterocycles. The van der Waals surface area contributed by atoms with Crippen LogP contribution in [0.15, 0.2) is 16.1 Å². The number of aromatic nitrogens is 2. The second-order valence-corrected chi connectivity index (χ2v) is 4.07. The molecule has 2 rings (SSSR count). The van der Waals surface area contributed by atoms with Gasteiger partial charge in [0.15, 0.2) is 0 Å². The normalized spacial score (nSPS) is 10.2. The Kier molecular flexibility index (Phi) is 2.56. The third-order valence-electron chi connectivity index (χ3n) is 1.72. The average Bonchev–Trinajstić information content (AvgIpc) is 2.72. The van der Waals surface area contributed by atoms with Gasteiger partial charge in [0.1, 0.15) is 0 Å². The first-order chi connectivity index (χ1) is 6.36. The van der Waals surface area contributed by atoms with Gasteiger partial charge in [0.2, 0.25) is 0 Å². The Morgan fingerprint density at radius 2 is 2.31 bits per heavy atom. The van der Waals surface area contributed by atoms with Crippen molar-refractivity contribution in [2.45, 2.75) is 13.5 Å². The Hall–Kier alpha value is -0.940. The quantitative estimate of drug-likeness (QED) is 0.847. The van der Waals surface area contributed by atoms with Crippen molar-refractivity contribution in [3.05, 3.63) is 27.4 Å². The van der Waals surface area contributed by atoms with Gasteiger partial charge in [0.25, 0.3) is 0 Å². The summed E-state index contributed by atoms with van der Waals surface area (Å²) in [4.78, 5) is 0. The number of anilines is 1. The zero-order chi connectivity index (χ0) is 9.10. The van der Waals surface area contributed by atoms with Crippen LogP contribution in [0.3, 0.4) is 0 Å². The highest BCUT2D eigenvalue weighted by Crippen LogP contribution is 2.19. The standard InChI is InChI=1S/C8H9N3S2/c1-6-3-12-5-8(6)9-2-7-4-13-11-10-7/h3-5,9H,2H2,1H3. The van der Waals surface area contributed by atoms with Gasteiger partial charge < -0.3 is 5.32 Å². The molecule has 3 nitrogen and oxygen atoms in total. The fraction of sp³-hybridized carbons (Fsp3) is 0.250. The number of nitrogens with one attached hydrogen (secondary N) is 1. The molecule has 0 unspecified atom stereocenters. The zero-order valence-corrected chi connectivity index (χ0v) is 8.78. The molecule has 0 atom stereocenters. The average molecular weight is 211 g/mol. The lowest BCUT2D eigenvalue weighted by Crippen LogP contribution is -1.99. The summed E-state index contributed by atoms with van der Waals surface area (Å²) in [6.07, 6.45) is 0. The maximum absolute atomic E-state index is 3.95. The van der Waals surface area contributed by atoms with Crippen molar-refractivity contribution >= 4 is 28.6 Å². The second-order valence-electron chi connectivity index (χ2n) is 2.72. The van der Waals surface area contributed by atoms with Crippen LogP contribution in [0, 0.1) is 6.92 Å². The molecular weight excluding hydrogens is 202 g/mol. The van der Waals surface area contributed by atoms with E-state index < -0.39 is 0 Å². The summed E-state index contributed by atoms with van der Waals surface area (Å²) in [5, 5.41) is 13.5. The molecule has 5 heteroatoms. The summed E-state index contributed by atoms with van der Waals surface area (Å²) in [6.45, 7) is 2.85. The smallest absolute Gasteiger partial charge is 0.0946 e. The van der Waals surface area contributed by atoms with Crippen molar-refractivity contribution < 1.29 is 0 Å². The minimum Gasteiger partial charge on any atom is -0.378 e. The van der Waals surface area contributed by atoms with E-state index in [1.165, 1.54) is 22.8 Å². The monoisotopic (exact) mass is 211 g/mol. The topological polar surface area (TPSA) is 37.8 Å². The molecule has 0 radical (unpaired) electrons. The molecule has 2 aromatic heterocycles. The Morgan fingerprint density at radius 3 is 2.92 bits per heavy atom. The van der Waals surface area contributed by atoms with E-state index in [2.05, 4.69) is 32.6 Å². The first kappa shape index (κ1) is 8.65. The van der Waals surface area contributed by atoms with E-state index in [9.17, 15) is 0 Å². The van der Waals surface area contributed by atoms with Crippen LogP contribution in [-0.2, 0) is 6.54 Å². The van der Waals surface area contributed by atoms with Crippen LogP contribution in [0.5, 0.6) is 0 Å². The van der Waals surface area contributed by atoms with Crippen molar-refractivity contribution in [1.29, 1.82) is 0 Å². The number of hydrogen-bond acceptors (Lipinski definition) is 5. The third-order valence-corrected chi connectivity index (χ3v) is 3.14. The van der Waals surface area contributed by atoms with E-state index in [4.69, 9.17) is 0 Å². The first-order valence-corrected chi connectivity index (χ1v) is 5.67. The molecule has 1 N–H and O–H groups in total. The molecule has 13 heavy (non-hydrogen) atoms. The molecule has 2 heterocycles. The lowest BCUT2D eigenvalue weighted by molar-refractivity contribution is 0.998. The van der Waals surface area contributed by atoms with Crippen molar-refractivity contribution in [3.63, 3.8) is 0 Å². The van der Waals surface area contributed by atoms with Crippen molar-refractivity contribution in [1.82, 2.24) is 9.59 Å². The molecule has 0 aliphatic carbocycles. The Bertz CT molecular complexity index is 366. The van der Waals surface area contributed by atoms with Gasteiger partial charge in [-0.1, -0.05) is 4.49 Å². The summed E-state index contributed by atoms with van der Waals surface area (Å²) in [5.41, 5.74) is 3.47. The highest BCUT2D eigenvalue weighted by atomic mass is 32.1. The summed E-state index contributed by atoms with van der Waals surface area (Å²) in [6, 6.07) is 0. The maximum atomic E-state index is 3.95. The highest BCUT2D eigenvalue weighted by molar-refractivity contribution is 7.08.